The zero-order valence-electron chi connectivity index (χ0n) is 10.0. The molecule has 0 spiro atoms. The summed E-state index contributed by atoms with van der Waals surface area (Å²) in [6, 6.07) is 0. The monoisotopic (exact) mass is 219 g/mol. The van der Waals surface area contributed by atoms with Crippen LogP contribution in [-0.2, 0) is 0 Å². The fourth-order valence-corrected chi connectivity index (χ4v) is 1.98. The Morgan fingerprint density at radius 2 is 2.19 bits per heavy atom. The maximum absolute atomic E-state index is 12.2. The molecule has 2 rings (SSSR count). The second kappa shape index (κ2) is 4.12. The molecule has 86 valence electrons. The first-order chi connectivity index (χ1) is 7.59. The zero-order valence-corrected chi connectivity index (χ0v) is 10.0. The average Bonchev–Trinajstić information content (AvgIpc) is 2.59. The first-order valence-electron chi connectivity index (χ1n) is 5.56. The molecule has 0 atom stereocenters. The number of carbonyl (C=O) groups is 1. The molecular formula is C12H17N3O. The first kappa shape index (κ1) is 10.9. The number of amides is 1. The van der Waals surface area contributed by atoms with Crippen LogP contribution in [0.2, 0.25) is 0 Å². The minimum absolute atomic E-state index is 0.0903. The topological polar surface area (TPSA) is 49.0 Å². The molecule has 4 nitrogen and oxygen atoms in total. The van der Waals surface area contributed by atoms with Gasteiger partial charge in [-0.1, -0.05) is 11.6 Å². The molecule has 0 aliphatic carbocycles. The van der Waals surface area contributed by atoms with E-state index in [1.165, 1.54) is 5.57 Å². The molecule has 0 aromatic carbocycles. The molecule has 1 amide bonds. The SMILES string of the molecule is CC1=CCN(C(=O)c2c(C)n[nH]c2C)CC1. The third-order valence-electron chi connectivity index (χ3n) is 3.07. The number of hydrogen-bond acceptors (Lipinski definition) is 2. The highest BCUT2D eigenvalue weighted by Gasteiger charge is 2.22. The van der Waals surface area contributed by atoms with Crippen LogP contribution in [0.15, 0.2) is 11.6 Å². The quantitative estimate of drug-likeness (QED) is 0.732. The van der Waals surface area contributed by atoms with Crippen LogP contribution in [0.5, 0.6) is 0 Å². The molecule has 0 saturated carbocycles. The molecule has 16 heavy (non-hydrogen) atoms. The molecule has 1 aliphatic heterocycles. The maximum Gasteiger partial charge on any atom is 0.257 e. The van der Waals surface area contributed by atoms with E-state index < -0.39 is 0 Å². The van der Waals surface area contributed by atoms with Gasteiger partial charge in [-0.05, 0) is 27.2 Å². The van der Waals surface area contributed by atoms with Gasteiger partial charge in [0.1, 0.15) is 0 Å². The molecular weight excluding hydrogens is 202 g/mol. The Labute approximate surface area is 95.3 Å². The van der Waals surface area contributed by atoms with Crippen LogP contribution >= 0.6 is 0 Å². The minimum Gasteiger partial charge on any atom is -0.334 e. The number of H-pyrrole nitrogens is 1. The number of nitrogens with zero attached hydrogens (tertiary/aromatic N) is 2. The van der Waals surface area contributed by atoms with Crippen molar-refractivity contribution in [3.05, 3.63) is 28.6 Å². The summed E-state index contributed by atoms with van der Waals surface area (Å²) < 4.78 is 0. The summed E-state index contributed by atoms with van der Waals surface area (Å²) in [5.41, 5.74) is 3.74. The van der Waals surface area contributed by atoms with E-state index in [9.17, 15) is 4.79 Å². The standard InChI is InChI=1S/C12H17N3O/c1-8-4-6-15(7-5-8)12(16)11-9(2)13-14-10(11)3/h4H,5-7H2,1-3H3,(H,13,14). The van der Waals surface area contributed by atoms with E-state index in [0.717, 1.165) is 29.9 Å². The second-order valence-corrected chi connectivity index (χ2v) is 4.36. The Morgan fingerprint density at radius 1 is 1.44 bits per heavy atom. The van der Waals surface area contributed by atoms with Gasteiger partial charge in [-0.2, -0.15) is 5.10 Å². The summed E-state index contributed by atoms with van der Waals surface area (Å²) in [5.74, 6) is 0.0903. The summed E-state index contributed by atoms with van der Waals surface area (Å²) in [5, 5.41) is 6.91. The Hall–Kier alpha value is -1.58. The molecule has 2 heterocycles. The van der Waals surface area contributed by atoms with Crippen molar-refractivity contribution in [2.24, 2.45) is 0 Å². The fraction of sp³-hybridized carbons (Fsp3) is 0.500. The number of rotatable bonds is 1. The second-order valence-electron chi connectivity index (χ2n) is 4.36. The van der Waals surface area contributed by atoms with E-state index in [4.69, 9.17) is 0 Å². The smallest absolute Gasteiger partial charge is 0.257 e. The lowest BCUT2D eigenvalue weighted by Gasteiger charge is -2.25. The highest BCUT2D eigenvalue weighted by molar-refractivity contribution is 5.96. The van der Waals surface area contributed by atoms with Crippen molar-refractivity contribution in [3.63, 3.8) is 0 Å². The van der Waals surface area contributed by atoms with Gasteiger partial charge in [-0.25, -0.2) is 0 Å². The maximum atomic E-state index is 12.2. The molecule has 1 N–H and O–H groups in total. The number of aryl methyl sites for hydroxylation is 2. The van der Waals surface area contributed by atoms with E-state index in [1.807, 2.05) is 18.7 Å². The third kappa shape index (κ3) is 1.87. The van der Waals surface area contributed by atoms with Gasteiger partial charge in [-0.3, -0.25) is 9.89 Å². The van der Waals surface area contributed by atoms with E-state index in [2.05, 4.69) is 23.2 Å². The number of hydrogen-bond donors (Lipinski definition) is 1. The molecule has 1 aliphatic rings. The number of aromatic nitrogens is 2. The van der Waals surface area contributed by atoms with E-state index in [0.29, 0.717) is 6.54 Å². The van der Waals surface area contributed by atoms with Crippen LogP contribution in [0.25, 0.3) is 0 Å². The molecule has 1 aromatic heterocycles. The highest BCUT2D eigenvalue weighted by atomic mass is 16.2. The number of aromatic amines is 1. The summed E-state index contributed by atoms with van der Waals surface area (Å²) >= 11 is 0. The van der Waals surface area contributed by atoms with Crippen LogP contribution in [0.3, 0.4) is 0 Å². The molecule has 0 unspecified atom stereocenters. The third-order valence-corrected chi connectivity index (χ3v) is 3.07. The largest absolute Gasteiger partial charge is 0.334 e. The lowest BCUT2D eigenvalue weighted by molar-refractivity contribution is 0.0767. The fourth-order valence-electron chi connectivity index (χ4n) is 1.98. The molecule has 4 heteroatoms. The van der Waals surface area contributed by atoms with Crippen LogP contribution in [0.1, 0.15) is 35.1 Å². The first-order valence-corrected chi connectivity index (χ1v) is 5.56. The van der Waals surface area contributed by atoms with E-state index in [-0.39, 0.29) is 5.91 Å². The average molecular weight is 219 g/mol. The molecule has 1 aromatic rings. The molecule has 0 bridgehead atoms. The lowest BCUT2D eigenvalue weighted by Crippen LogP contribution is -2.35. The van der Waals surface area contributed by atoms with Gasteiger partial charge in [-0.15, -0.1) is 0 Å². The zero-order chi connectivity index (χ0) is 11.7. The molecule has 0 fully saturated rings. The van der Waals surface area contributed by atoms with Crippen molar-refractivity contribution in [2.75, 3.05) is 13.1 Å². The Bertz CT molecular complexity index is 426. The van der Waals surface area contributed by atoms with Gasteiger partial charge in [0.25, 0.3) is 5.91 Å². The predicted octanol–water partition coefficient (Wildman–Crippen LogP) is 1.82. The Balaban J connectivity index is 2.20. The van der Waals surface area contributed by atoms with E-state index >= 15 is 0 Å². The van der Waals surface area contributed by atoms with Gasteiger partial charge in [0.2, 0.25) is 0 Å². The van der Waals surface area contributed by atoms with Gasteiger partial charge < -0.3 is 4.90 Å². The Kier molecular flexibility index (Phi) is 2.81. The van der Waals surface area contributed by atoms with Crippen LogP contribution in [-0.4, -0.2) is 34.1 Å². The van der Waals surface area contributed by atoms with Crippen molar-refractivity contribution in [3.8, 4) is 0 Å². The summed E-state index contributed by atoms with van der Waals surface area (Å²) in [6.07, 6.45) is 3.09. The number of nitrogens with one attached hydrogen (secondary N) is 1. The van der Waals surface area contributed by atoms with Gasteiger partial charge in [0.05, 0.1) is 11.3 Å². The summed E-state index contributed by atoms with van der Waals surface area (Å²) in [4.78, 5) is 14.1. The molecule has 0 saturated heterocycles. The normalized spacial score (nSPS) is 16.2. The predicted molar refractivity (Wildman–Crippen MR) is 62.3 cm³/mol. The Morgan fingerprint density at radius 3 is 2.69 bits per heavy atom. The summed E-state index contributed by atoms with van der Waals surface area (Å²) in [6.45, 7) is 7.39. The lowest BCUT2D eigenvalue weighted by atomic mass is 10.1. The van der Waals surface area contributed by atoms with Crippen molar-refractivity contribution in [1.82, 2.24) is 15.1 Å². The van der Waals surface area contributed by atoms with Crippen molar-refractivity contribution in [2.45, 2.75) is 27.2 Å². The van der Waals surface area contributed by atoms with Crippen molar-refractivity contribution >= 4 is 5.91 Å². The van der Waals surface area contributed by atoms with E-state index in [1.54, 1.807) is 0 Å². The van der Waals surface area contributed by atoms with Crippen LogP contribution in [0, 0.1) is 13.8 Å². The molecule has 0 radical (unpaired) electrons. The highest BCUT2D eigenvalue weighted by Crippen LogP contribution is 2.16. The van der Waals surface area contributed by atoms with Crippen LogP contribution in [0.4, 0.5) is 0 Å². The van der Waals surface area contributed by atoms with Crippen molar-refractivity contribution < 1.29 is 4.79 Å². The summed E-state index contributed by atoms with van der Waals surface area (Å²) in [7, 11) is 0. The van der Waals surface area contributed by atoms with Crippen LogP contribution < -0.4 is 0 Å². The number of carbonyl (C=O) groups excluding carboxylic acids is 1. The van der Waals surface area contributed by atoms with Crippen molar-refractivity contribution in [1.29, 1.82) is 0 Å². The van der Waals surface area contributed by atoms with Gasteiger partial charge in [0, 0.05) is 18.8 Å². The van der Waals surface area contributed by atoms with Gasteiger partial charge in [0.15, 0.2) is 0 Å². The minimum atomic E-state index is 0.0903. The van der Waals surface area contributed by atoms with Gasteiger partial charge >= 0.3 is 0 Å².